The largest absolute Gasteiger partial charge is 0.598 e. The minimum absolute atomic E-state index is 0.0382. The van der Waals surface area contributed by atoms with E-state index in [4.69, 9.17) is 0 Å². The Labute approximate surface area is 107 Å². The zero-order valence-corrected chi connectivity index (χ0v) is 12.3. The highest BCUT2D eigenvalue weighted by molar-refractivity contribution is 7.90. The fourth-order valence-corrected chi connectivity index (χ4v) is 2.43. The molecule has 17 heavy (non-hydrogen) atoms. The summed E-state index contributed by atoms with van der Waals surface area (Å²) in [5.74, 6) is 1.23. The fourth-order valence-electron chi connectivity index (χ4n) is 1.45. The van der Waals surface area contributed by atoms with Crippen molar-refractivity contribution in [2.24, 2.45) is 5.92 Å². The number of hydrogen-bond acceptors (Lipinski definition) is 3. The molecule has 0 spiro atoms. The van der Waals surface area contributed by atoms with Gasteiger partial charge in [0.25, 0.3) is 0 Å². The van der Waals surface area contributed by atoms with Gasteiger partial charge in [-0.3, -0.25) is 0 Å². The van der Waals surface area contributed by atoms with Crippen molar-refractivity contribution in [2.45, 2.75) is 52.3 Å². The van der Waals surface area contributed by atoms with Crippen LogP contribution in [0.3, 0.4) is 0 Å². The highest BCUT2D eigenvalue weighted by Crippen LogP contribution is 2.24. The van der Waals surface area contributed by atoms with Crippen molar-refractivity contribution in [2.75, 3.05) is 0 Å². The van der Waals surface area contributed by atoms with Gasteiger partial charge >= 0.3 is 0 Å². The highest BCUT2D eigenvalue weighted by atomic mass is 32.2. The van der Waals surface area contributed by atoms with Crippen LogP contribution in [0.4, 0.5) is 0 Å². The number of nitrogens with zero attached hydrogens (tertiary/aromatic N) is 1. The number of aromatic amines is 1. The topological polar surface area (TPSA) is 63.8 Å². The number of aryl methyl sites for hydroxylation is 1. The molecule has 1 unspecified atom stereocenters. The standard InChI is InChI=1S/C12H23N3OS/c1-8(2)11(10-7-13-9(3)14-10)15-17(16)12(4,5)6/h7-8,11,15H,1-6H3,(H,13,14)/t11-,17?/m0/s1. The van der Waals surface area contributed by atoms with E-state index in [0.29, 0.717) is 5.92 Å². The van der Waals surface area contributed by atoms with E-state index in [-0.39, 0.29) is 10.8 Å². The molecule has 0 fully saturated rings. The Morgan fingerprint density at radius 2 is 2.00 bits per heavy atom. The SMILES string of the molecule is Cc1ncc([C@@H](N[S+]([O-])C(C)(C)C)C(C)C)[nH]1. The lowest BCUT2D eigenvalue weighted by molar-refractivity contribution is 0.445. The molecular weight excluding hydrogens is 234 g/mol. The number of hydrogen-bond donors (Lipinski definition) is 2. The van der Waals surface area contributed by atoms with Crippen LogP contribution in [0.5, 0.6) is 0 Å². The van der Waals surface area contributed by atoms with E-state index in [1.165, 1.54) is 0 Å². The molecule has 0 bridgehead atoms. The van der Waals surface area contributed by atoms with Gasteiger partial charge in [0.15, 0.2) is 0 Å². The summed E-state index contributed by atoms with van der Waals surface area (Å²) in [6.45, 7) is 12.0. The predicted octanol–water partition coefficient (Wildman–Crippen LogP) is 2.47. The van der Waals surface area contributed by atoms with Gasteiger partial charge in [0, 0.05) is 11.4 Å². The first-order chi connectivity index (χ1) is 7.71. The van der Waals surface area contributed by atoms with E-state index < -0.39 is 11.4 Å². The van der Waals surface area contributed by atoms with Gasteiger partial charge in [-0.25, -0.2) is 4.98 Å². The smallest absolute Gasteiger partial charge is 0.136 e. The molecule has 0 saturated heterocycles. The number of H-pyrrole nitrogens is 1. The molecule has 4 nitrogen and oxygen atoms in total. The first-order valence-corrected chi connectivity index (χ1v) is 7.06. The van der Waals surface area contributed by atoms with E-state index in [0.717, 1.165) is 11.5 Å². The van der Waals surface area contributed by atoms with Gasteiger partial charge < -0.3 is 9.54 Å². The molecule has 0 aliphatic rings. The highest BCUT2D eigenvalue weighted by Gasteiger charge is 2.31. The second-order valence-corrected chi connectivity index (χ2v) is 7.64. The average molecular weight is 257 g/mol. The minimum atomic E-state index is -1.08. The third-order valence-electron chi connectivity index (χ3n) is 2.51. The van der Waals surface area contributed by atoms with Crippen molar-refractivity contribution in [3.8, 4) is 0 Å². The lowest BCUT2D eigenvalue weighted by Crippen LogP contribution is -2.42. The molecular formula is C12H23N3OS. The molecule has 2 atom stereocenters. The van der Waals surface area contributed by atoms with Crippen LogP contribution in [0.1, 0.15) is 52.2 Å². The van der Waals surface area contributed by atoms with E-state index in [9.17, 15) is 4.55 Å². The number of nitrogens with one attached hydrogen (secondary N) is 2. The zero-order valence-electron chi connectivity index (χ0n) is 11.5. The summed E-state index contributed by atoms with van der Waals surface area (Å²) in [4.78, 5) is 7.40. The summed E-state index contributed by atoms with van der Waals surface area (Å²) >= 11 is -1.08. The third-order valence-corrected chi connectivity index (χ3v) is 4.09. The van der Waals surface area contributed by atoms with Gasteiger partial charge in [-0.2, -0.15) is 0 Å². The first-order valence-electron chi connectivity index (χ1n) is 5.91. The molecule has 0 aliphatic heterocycles. The van der Waals surface area contributed by atoms with Crippen molar-refractivity contribution in [3.05, 3.63) is 17.7 Å². The monoisotopic (exact) mass is 257 g/mol. The molecule has 5 heteroatoms. The molecule has 0 aliphatic carbocycles. The lowest BCUT2D eigenvalue weighted by Gasteiger charge is -2.29. The van der Waals surface area contributed by atoms with Crippen molar-refractivity contribution >= 4 is 11.4 Å². The average Bonchev–Trinajstić information content (AvgIpc) is 2.58. The van der Waals surface area contributed by atoms with Crippen LogP contribution < -0.4 is 4.72 Å². The zero-order chi connectivity index (χ0) is 13.2. The van der Waals surface area contributed by atoms with Gasteiger partial charge in [0.2, 0.25) is 0 Å². The number of rotatable bonds is 4. The maximum absolute atomic E-state index is 12.1. The Morgan fingerprint density at radius 3 is 2.35 bits per heavy atom. The molecule has 1 aromatic heterocycles. The molecule has 98 valence electrons. The maximum Gasteiger partial charge on any atom is 0.136 e. The summed E-state index contributed by atoms with van der Waals surface area (Å²) in [7, 11) is 0. The number of aromatic nitrogens is 2. The van der Waals surface area contributed by atoms with Crippen LogP contribution in [0, 0.1) is 12.8 Å². The van der Waals surface area contributed by atoms with Gasteiger partial charge in [-0.15, -0.1) is 4.72 Å². The van der Waals surface area contributed by atoms with Crippen molar-refractivity contribution < 1.29 is 4.55 Å². The molecule has 0 aromatic carbocycles. The second-order valence-electron chi connectivity index (χ2n) is 5.64. The van der Waals surface area contributed by atoms with Gasteiger partial charge in [0.05, 0.1) is 17.9 Å². The van der Waals surface area contributed by atoms with Crippen LogP contribution in [0.15, 0.2) is 6.20 Å². The van der Waals surface area contributed by atoms with Gasteiger partial charge in [-0.05, 0) is 33.6 Å². The minimum Gasteiger partial charge on any atom is -0.598 e. The fraction of sp³-hybridized carbons (Fsp3) is 0.750. The van der Waals surface area contributed by atoms with Crippen LogP contribution in [-0.4, -0.2) is 19.3 Å². The molecule has 2 N–H and O–H groups in total. The Morgan fingerprint density at radius 1 is 1.41 bits per heavy atom. The molecule has 1 rings (SSSR count). The molecule has 1 heterocycles. The van der Waals surface area contributed by atoms with Crippen molar-refractivity contribution in [1.82, 2.24) is 14.7 Å². The third kappa shape index (κ3) is 4.01. The Kier molecular flexibility index (Phi) is 4.63. The Hall–Kier alpha value is -0.520. The Balaban J connectivity index is 2.81. The van der Waals surface area contributed by atoms with Crippen molar-refractivity contribution in [1.29, 1.82) is 0 Å². The summed E-state index contributed by atoms with van der Waals surface area (Å²) in [5.41, 5.74) is 0.995. The lowest BCUT2D eigenvalue weighted by atomic mass is 10.0. The normalized spacial score (nSPS) is 16.2. The summed E-state index contributed by atoms with van der Waals surface area (Å²) in [5, 5.41) is 0. The molecule has 0 saturated carbocycles. The quantitative estimate of drug-likeness (QED) is 0.814. The van der Waals surface area contributed by atoms with Crippen LogP contribution in [0.25, 0.3) is 0 Å². The summed E-state index contributed by atoms with van der Waals surface area (Å²) < 4.78 is 15.1. The van der Waals surface area contributed by atoms with Gasteiger partial charge in [0.1, 0.15) is 10.6 Å². The van der Waals surface area contributed by atoms with E-state index in [1.807, 2.05) is 33.9 Å². The number of imidazole rings is 1. The summed E-state index contributed by atoms with van der Waals surface area (Å²) in [6.07, 6.45) is 1.81. The predicted molar refractivity (Wildman–Crippen MR) is 71.9 cm³/mol. The molecule has 0 radical (unpaired) electrons. The first kappa shape index (κ1) is 14.5. The van der Waals surface area contributed by atoms with Gasteiger partial charge in [-0.1, -0.05) is 13.8 Å². The van der Waals surface area contributed by atoms with E-state index in [2.05, 4.69) is 28.5 Å². The van der Waals surface area contributed by atoms with Crippen molar-refractivity contribution in [3.63, 3.8) is 0 Å². The second kappa shape index (κ2) is 5.42. The summed E-state index contributed by atoms with van der Waals surface area (Å²) in [6, 6.07) is 0.0382. The van der Waals surface area contributed by atoms with Crippen LogP contribution in [0.2, 0.25) is 0 Å². The molecule has 1 aromatic rings. The Bertz CT molecular complexity index is 357. The maximum atomic E-state index is 12.1. The van der Waals surface area contributed by atoms with Crippen LogP contribution in [-0.2, 0) is 11.4 Å². The van der Waals surface area contributed by atoms with Crippen LogP contribution >= 0.6 is 0 Å². The molecule has 0 amide bonds. The van der Waals surface area contributed by atoms with E-state index >= 15 is 0 Å². The van der Waals surface area contributed by atoms with E-state index in [1.54, 1.807) is 0 Å².